The van der Waals surface area contributed by atoms with E-state index in [1.807, 2.05) is 18.2 Å². The van der Waals surface area contributed by atoms with Crippen LogP contribution in [0.15, 0.2) is 46.9 Å². The highest BCUT2D eigenvalue weighted by Gasteiger charge is 2.26. The lowest BCUT2D eigenvalue weighted by Gasteiger charge is -2.32. The molecule has 0 saturated heterocycles. The zero-order valence-corrected chi connectivity index (χ0v) is 12.5. The van der Waals surface area contributed by atoms with Gasteiger partial charge in [0.1, 0.15) is 10.7 Å². The van der Waals surface area contributed by atoms with E-state index in [1.54, 1.807) is 6.07 Å². The standard InChI is InChI=1S/C16H20N2O3/c1-16(2,3)15(12-7-5-4-6-8-12)17-11-13-9-10-14(21-13)18(19)20/h4-10,15,17H,11H2,1-3H3. The van der Waals surface area contributed by atoms with Gasteiger partial charge in [-0.05, 0) is 17.0 Å². The smallest absolute Gasteiger partial charge is 0.404 e. The van der Waals surface area contributed by atoms with Gasteiger partial charge in [-0.1, -0.05) is 51.1 Å². The molecule has 0 bridgehead atoms. The Morgan fingerprint density at radius 2 is 1.86 bits per heavy atom. The summed E-state index contributed by atoms with van der Waals surface area (Å²) < 4.78 is 5.18. The zero-order chi connectivity index (χ0) is 15.5. The Kier molecular flexibility index (Phi) is 4.43. The molecular weight excluding hydrogens is 268 g/mol. The van der Waals surface area contributed by atoms with E-state index in [9.17, 15) is 10.1 Å². The molecule has 2 rings (SSSR count). The molecule has 112 valence electrons. The van der Waals surface area contributed by atoms with Crippen LogP contribution in [0, 0.1) is 15.5 Å². The summed E-state index contributed by atoms with van der Waals surface area (Å²) in [6.45, 7) is 6.91. The molecule has 1 N–H and O–H groups in total. The third kappa shape index (κ3) is 3.92. The normalized spacial score (nSPS) is 13.1. The van der Waals surface area contributed by atoms with Crippen molar-refractivity contribution in [1.29, 1.82) is 0 Å². The first-order valence-corrected chi connectivity index (χ1v) is 6.89. The fourth-order valence-electron chi connectivity index (χ4n) is 2.33. The summed E-state index contributed by atoms with van der Waals surface area (Å²) in [6.07, 6.45) is 0. The predicted octanol–water partition coefficient (Wildman–Crippen LogP) is 4.06. The number of hydrogen-bond donors (Lipinski definition) is 1. The van der Waals surface area contributed by atoms with Gasteiger partial charge in [-0.25, -0.2) is 0 Å². The number of nitro groups is 1. The lowest BCUT2D eigenvalue weighted by atomic mass is 9.82. The minimum absolute atomic E-state index is 0.0138. The molecule has 0 saturated carbocycles. The molecule has 0 aliphatic carbocycles. The van der Waals surface area contributed by atoms with Gasteiger partial charge < -0.3 is 9.73 Å². The summed E-state index contributed by atoms with van der Waals surface area (Å²) in [5, 5.41) is 14.1. The van der Waals surface area contributed by atoms with Crippen LogP contribution in [-0.2, 0) is 6.54 Å². The van der Waals surface area contributed by atoms with Crippen LogP contribution in [0.4, 0.5) is 5.88 Å². The van der Waals surface area contributed by atoms with E-state index in [4.69, 9.17) is 4.42 Å². The molecule has 21 heavy (non-hydrogen) atoms. The lowest BCUT2D eigenvalue weighted by Crippen LogP contribution is -2.31. The van der Waals surface area contributed by atoms with Crippen molar-refractivity contribution in [2.45, 2.75) is 33.4 Å². The number of hydrogen-bond acceptors (Lipinski definition) is 4. The molecular formula is C16H20N2O3. The highest BCUT2D eigenvalue weighted by atomic mass is 16.6. The van der Waals surface area contributed by atoms with Crippen molar-refractivity contribution >= 4 is 5.88 Å². The quantitative estimate of drug-likeness (QED) is 0.665. The Morgan fingerprint density at radius 3 is 2.38 bits per heavy atom. The maximum atomic E-state index is 10.6. The predicted molar refractivity (Wildman–Crippen MR) is 80.8 cm³/mol. The van der Waals surface area contributed by atoms with Gasteiger partial charge in [0.25, 0.3) is 0 Å². The molecule has 5 nitrogen and oxygen atoms in total. The number of nitrogens with one attached hydrogen (secondary N) is 1. The van der Waals surface area contributed by atoms with Gasteiger partial charge in [0.05, 0.1) is 12.6 Å². The van der Waals surface area contributed by atoms with Crippen molar-refractivity contribution < 1.29 is 9.34 Å². The van der Waals surface area contributed by atoms with Crippen LogP contribution >= 0.6 is 0 Å². The highest BCUT2D eigenvalue weighted by molar-refractivity contribution is 5.22. The number of furan rings is 1. The molecule has 0 amide bonds. The van der Waals surface area contributed by atoms with Crippen LogP contribution in [0.2, 0.25) is 0 Å². The Bertz CT molecular complexity index is 599. The van der Waals surface area contributed by atoms with Crippen molar-refractivity contribution in [3.05, 3.63) is 63.9 Å². The van der Waals surface area contributed by atoms with Crippen molar-refractivity contribution in [1.82, 2.24) is 5.32 Å². The second-order valence-electron chi connectivity index (χ2n) is 6.09. The summed E-state index contributed by atoms with van der Waals surface area (Å²) in [7, 11) is 0. The monoisotopic (exact) mass is 288 g/mol. The van der Waals surface area contributed by atoms with Crippen LogP contribution in [-0.4, -0.2) is 4.92 Å². The molecule has 0 aliphatic heterocycles. The average Bonchev–Trinajstić information content (AvgIpc) is 2.88. The summed E-state index contributed by atoms with van der Waals surface area (Å²) in [6, 6.07) is 13.3. The lowest BCUT2D eigenvalue weighted by molar-refractivity contribution is -0.402. The van der Waals surface area contributed by atoms with Crippen LogP contribution in [0.25, 0.3) is 0 Å². The van der Waals surface area contributed by atoms with E-state index in [-0.39, 0.29) is 17.3 Å². The minimum Gasteiger partial charge on any atom is -0.404 e. The van der Waals surface area contributed by atoms with Crippen LogP contribution in [0.3, 0.4) is 0 Å². The molecule has 2 aromatic rings. The fraction of sp³-hybridized carbons (Fsp3) is 0.375. The van der Waals surface area contributed by atoms with Gasteiger partial charge in [0, 0.05) is 6.04 Å². The Balaban J connectivity index is 2.11. The maximum Gasteiger partial charge on any atom is 0.433 e. The molecule has 1 atom stereocenters. The van der Waals surface area contributed by atoms with E-state index in [0.717, 1.165) is 0 Å². The van der Waals surface area contributed by atoms with Gasteiger partial charge in [0.2, 0.25) is 0 Å². The van der Waals surface area contributed by atoms with Gasteiger partial charge in [-0.2, -0.15) is 0 Å². The minimum atomic E-state index is -0.526. The summed E-state index contributed by atoms with van der Waals surface area (Å²) >= 11 is 0. The molecule has 1 unspecified atom stereocenters. The zero-order valence-electron chi connectivity index (χ0n) is 12.5. The fourth-order valence-corrected chi connectivity index (χ4v) is 2.33. The van der Waals surface area contributed by atoms with Gasteiger partial charge in [0.15, 0.2) is 0 Å². The first kappa shape index (κ1) is 15.3. The molecule has 0 fully saturated rings. The van der Waals surface area contributed by atoms with Crippen molar-refractivity contribution in [2.24, 2.45) is 5.41 Å². The number of benzene rings is 1. The van der Waals surface area contributed by atoms with Gasteiger partial charge in [-0.3, -0.25) is 10.1 Å². The van der Waals surface area contributed by atoms with Gasteiger partial charge >= 0.3 is 5.88 Å². The summed E-state index contributed by atoms with van der Waals surface area (Å²) in [5.41, 5.74) is 1.20. The van der Waals surface area contributed by atoms with E-state index in [0.29, 0.717) is 12.3 Å². The van der Waals surface area contributed by atoms with Crippen LogP contribution < -0.4 is 5.32 Å². The van der Waals surface area contributed by atoms with Gasteiger partial charge in [-0.15, -0.1) is 0 Å². The molecule has 5 heteroatoms. The SMILES string of the molecule is CC(C)(C)C(NCc1ccc([N+](=O)[O-])o1)c1ccccc1. The maximum absolute atomic E-state index is 10.6. The van der Waals surface area contributed by atoms with E-state index in [1.165, 1.54) is 11.6 Å². The first-order valence-electron chi connectivity index (χ1n) is 6.89. The summed E-state index contributed by atoms with van der Waals surface area (Å²) in [4.78, 5) is 10.1. The molecule has 1 heterocycles. The number of nitrogens with zero attached hydrogens (tertiary/aromatic N) is 1. The largest absolute Gasteiger partial charge is 0.433 e. The Labute approximate surface area is 124 Å². The van der Waals surface area contributed by atoms with E-state index in [2.05, 4.69) is 38.2 Å². The molecule has 0 radical (unpaired) electrons. The number of rotatable bonds is 5. The van der Waals surface area contributed by atoms with Crippen molar-refractivity contribution in [2.75, 3.05) is 0 Å². The average molecular weight is 288 g/mol. The van der Waals surface area contributed by atoms with E-state index >= 15 is 0 Å². The Morgan fingerprint density at radius 1 is 1.19 bits per heavy atom. The molecule has 1 aromatic heterocycles. The topological polar surface area (TPSA) is 68.3 Å². The third-order valence-electron chi connectivity index (χ3n) is 3.31. The van der Waals surface area contributed by atoms with Crippen molar-refractivity contribution in [3.8, 4) is 0 Å². The molecule has 1 aromatic carbocycles. The van der Waals surface area contributed by atoms with E-state index < -0.39 is 4.92 Å². The molecule has 0 aliphatic rings. The highest BCUT2D eigenvalue weighted by Crippen LogP contribution is 2.33. The molecule has 0 spiro atoms. The second-order valence-corrected chi connectivity index (χ2v) is 6.09. The van der Waals surface area contributed by atoms with Crippen LogP contribution in [0.1, 0.15) is 38.1 Å². The summed E-state index contributed by atoms with van der Waals surface area (Å²) in [5.74, 6) is 0.339. The third-order valence-corrected chi connectivity index (χ3v) is 3.31. The van der Waals surface area contributed by atoms with Crippen molar-refractivity contribution in [3.63, 3.8) is 0 Å². The van der Waals surface area contributed by atoms with Crippen LogP contribution in [0.5, 0.6) is 0 Å². The first-order chi connectivity index (χ1) is 9.88. The Hall–Kier alpha value is -2.14. The second kappa shape index (κ2) is 6.10.